The van der Waals surface area contributed by atoms with Crippen LogP contribution in [0.1, 0.15) is 76.2 Å². The Morgan fingerprint density at radius 2 is 1.75 bits per heavy atom. The van der Waals surface area contributed by atoms with Crippen molar-refractivity contribution in [1.29, 1.82) is 0 Å². The Bertz CT molecular complexity index is 1140. The summed E-state index contributed by atoms with van der Waals surface area (Å²) in [5.41, 5.74) is -0.501. The number of nitrogens with one attached hydrogen (secondary N) is 5. The van der Waals surface area contributed by atoms with Crippen molar-refractivity contribution in [2.45, 2.75) is 89.9 Å². The monoisotopic (exact) mass is 557 g/mol. The first-order chi connectivity index (χ1) is 19.0. The predicted molar refractivity (Wildman–Crippen MR) is 142 cm³/mol. The number of rotatable bonds is 10. The highest BCUT2D eigenvalue weighted by Crippen LogP contribution is 2.41. The first-order valence-corrected chi connectivity index (χ1v) is 14.0. The Labute approximate surface area is 232 Å². The van der Waals surface area contributed by atoms with Gasteiger partial charge in [0.1, 0.15) is 17.8 Å². The van der Waals surface area contributed by atoms with Crippen molar-refractivity contribution >= 4 is 35.3 Å². The molecular formula is C27H39N7O6. The molecule has 5 N–H and O–H groups in total. The first kappa shape index (κ1) is 29.2. The Morgan fingerprint density at radius 3 is 2.40 bits per heavy atom. The average molecular weight is 558 g/mol. The van der Waals surface area contributed by atoms with Crippen molar-refractivity contribution in [3.8, 4) is 0 Å². The van der Waals surface area contributed by atoms with Gasteiger partial charge in [-0.1, -0.05) is 33.6 Å². The van der Waals surface area contributed by atoms with Crippen LogP contribution in [0.4, 0.5) is 0 Å². The minimum absolute atomic E-state index is 0.0292. The lowest BCUT2D eigenvalue weighted by Crippen LogP contribution is -2.60. The van der Waals surface area contributed by atoms with Crippen LogP contribution in [0.3, 0.4) is 0 Å². The van der Waals surface area contributed by atoms with E-state index in [0.29, 0.717) is 6.42 Å². The van der Waals surface area contributed by atoms with Crippen LogP contribution in [0.2, 0.25) is 0 Å². The second kappa shape index (κ2) is 12.2. The molecular weight excluding hydrogens is 518 g/mol. The molecule has 5 amide bonds. The molecule has 1 aliphatic heterocycles. The molecule has 2 saturated carbocycles. The summed E-state index contributed by atoms with van der Waals surface area (Å²) in [6.07, 6.45) is 7.11. The number of ketones is 1. The molecule has 1 saturated heterocycles. The Kier molecular flexibility index (Phi) is 8.89. The molecule has 2 unspecified atom stereocenters. The summed E-state index contributed by atoms with van der Waals surface area (Å²) in [6, 6.07) is -0.442. The maximum Gasteiger partial charge on any atom is 0.289 e. The molecule has 1 aromatic rings. The van der Waals surface area contributed by atoms with Crippen LogP contribution in [0, 0.1) is 11.3 Å². The van der Waals surface area contributed by atoms with Gasteiger partial charge in [-0.25, -0.2) is 0 Å². The van der Waals surface area contributed by atoms with E-state index in [0.717, 1.165) is 38.5 Å². The summed E-state index contributed by atoms with van der Waals surface area (Å²) in [6.45, 7) is 4.67. The molecule has 2 heterocycles. The smallest absolute Gasteiger partial charge is 0.289 e. The molecule has 0 aromatic carbocycles. The number of H-pyrrole nitrogens is 1. The van der Waals surface area contributed by atoms with Crippen LogP contribution in [0.25, 0.3) is 0 Å². The van der Waals surface area contributed by atoms with Gasteiger partial charge in [0.2, 0.25) is 23.5 Å². The summed E-state index contributed by atoms with van der Waals surface area (Å²) < 4.78 is 0. The maximum atomic E-state index is 14.1. The van der Waals surface area contributed by atoms with Gasteiger partial charge < -0.3 is 26.2 Å². The second-order valence-electron chi connectivity index (χ2n) is 12.0. The van der Waals surface area contributed by atoms with E-state index in [1.807, 2.05) is 20.8 Å². The van der Waals surface area contributed by atoms with Gasteiger partial charge in [0.15, 0.2) is 0 Å². The third-order valence-corrected chi connectivity index (χ3v) is 7.81. The lowest BCUT2D eigenvalue weighted by atomic mass is 9.83. The SMILES string of the molecule is CC(C)(C)[C@H](NC(=O)CNC(=O)c1ccn[nH]1)C(=O)N1C2CCCCC2C[C@H]1C(=O)NCC(=O)C(=O)NC1CC1. The van der Waals surface area contributed by atoms with E-state index < -0.39 is 53.5 Å². The molecule has 218 valence electrons. The van der Waals surface area contributed by atoms with E-state index in [4.69, 9.17) is 0 Å². The fraction of sp³-hybridized carbons (Fsp3) is 0.667. The summed E-state index contributed by atoms with van der Waals surface area (Å²) in [5, 5.41) is 16.7. The Hall–Kier alpha value is -3.77. The van der Waals surface area contributed by atoms with E-state index >= 15 is 0 Å². The quantitative estimate of drug-likeness (QED) is 0.247. The lowest BCUT2D eigenvalue weighted by Gasteiger charge is -2.39. The number of hydrogen-bond donors (Lipinski definition) is 5. The topological polar surface area (TPSA) is 182 Å². The second-order valence-corrected chi connectivity index (χ2v) is 12.0. The summed E-state index contributed by atoms with van der Waals surface area (Å²) in [5.74, 6) is -3.24. The molecule has 13 nitrogen and oxygen atoms in total. The molecule has 4 rings (SSSR count). The predicted octanol–water partition coefficient (Wildman–Crippen LogP) is -0.206. The number of amides is 5. The molecule has 2 aliphatic carbocycles. The lowest BCUT2D eigenvalue weighted by molar-refractivity contribution is -0.146. The number of aromatic amines is 1. The van der Waals surface area contributed by atoms with Gasteiger partial charge in [-0.05, 0) is 49.5 Å². The molecule has 3 fully saturated rings. The third kappa shape index (κ3) is 7.05. The zero-order valence-corrected chi connectivity index (χ0v) is 23.2. The number of hydrogen-bond acceptors (Lipinski definition) is 7. The van der Waals surface area contributed by atoms with Gasteiger partial charge in [0, 0.05) is 18.3 Å². The minimum Gasteiger partial charge on any atom is -0.347 e. The van der Waals surface area contributed by atoms with Crippen LogP contribution < -0.4 is 21.3 Å². The van der Waals surface area contributed by atoms with Crippen LogP contribution in [-0.4, -0.2) is 87.7 Å². The Balaban J connectivity index is 1.44. The van der Waals surface area contributed by atoms with Gasteiger partial charge in [0.05, 0.1) is 13.1 Å². The van der Waals surface area contributed by atoms with Crippen molar-refractivity contribution in [2.75, 3.05) is 13.1 Å². The van der Waals surface area contributed by atoms with E-state index in [1.54, 1.807) is 4.90 Å². The number of fused-ring (bicyclic) bond motifs is 1. The normalized spacial score (nSPS) is 23.0. The fourth-order valence-corrected chi connectivity index (χ4v) is 5.52. The maximum absolute atomic E-state index is 14.1. The van der Waals surface area contributed by atoms with E-state index in [9.17, 15) is 28.8 Å². The van der Waals surface area contributed by atoms with Gasteiger partial charge >= 0.3 is 0 Å². The van der Waals surface area contributed by atoms with Crippen LogP contribution >= 0.6 is 0 Å². The molecule has 0 spiro atoms. The zero-order chi connectivity index (χ0) is 29.0. The van der Waals surface area contributed by atoms with Gasteiger partial charge in [0.25, 0.3) is 11.8 Å². The first-order valence-electron chi connectivity index (χ1n) is 14.0. The minimum atomic E-state index is -0.967. The van der Waals surface area contributed by atoms with E-state index in [1.165, 1.54) is 12.3 Å². The summed E-state index contributed by atoms with van der Waals surface area (Å²) in [4.78, 5) is 78.3. The molecule has 3 aliphatic rings. The number of carbonyl (C=O) groups excluding carboxylic acids is 6. The standard InChI is InChI=1S/C27H39N7O6/c1-27(2,3)22(32-21(36)14-29-23(37)17-10-11-30-33-17)26(40)34-18-7-5-4-6-15(18)12-19(34)24(38)28-13-20(35)25(39)31-16-8-9-16/h10-11,15-16,18-19,22H,4-9,12-14H2,1-3H3,(H,28,38)(H,29,37)(H,30,33)(H,31,39)(H,32,36)/t15?,18?,19-,22+/m0/s1. The number of likely N-dealkylation sites (tertiary alicyclic amines) is 1. The summed E-state index contributed by atoms with van der Waals surface area (Å²) >= 11 is 0. The average Bonchev–Trinajstić information content (AvgIpc) is 3.39. The van der Waals surface area contributed by atoms with E-state index in [-0.39, 0.29) is 36.1 Å². The highest BCUT2D eigenvalue weighted by atomic mass is 16.2. The highest BCUT2D eigenvalue weighted by molar-refractivity contribution is 6.37. The van der Waals surface area contributed by atoms with Crippen molar-refractivity contribution in [2.24, 2.45) is 11.3 Å². The van der Waals surface area contributed by atoms with Crippen LogP contribution in [0.5, 0.6) is 0 Å². The molecule has 1 aromatic heterocycles. The van der Waals surface area contributed by atoms with Gasteiger partial charge in [-0.3, -0.25) is 33.9 Å². The largest absolute Gasteiger partial charge is 0.347 e. The van der Waals surface area contributed by atoms with Crippen molar-refractivity contribution in [1.82, 2.24) is 36.4 Å². The summed E-state index contributed by atoms with van der Waals surface area (Å²) in [7, 11) is 0. The highest BCUT2D eigenvalue weighted by Gasteiger charge is 2.50. The van der Waals surface area contributed by atoms with Gasteiger partial charge in [-0.2, -0.15) is 5.10 Å². The van der Waals surface area contributed by atoms with Crippen molar-refractivity contribution < 1.29 is 28.8 Å². The number of aromatic nitrogens is 2. The zero-order valence-electron chi connectivity index (χ0n) is 23.2. The molecule has 13 heteroatoms. The number of nitrogens with zero attached hydrogens (tertiary/aromatic N) is 2. The number of Topliss-reactive ketones (excluding diaryl/α,β-unsaturated/α-hetero) is 1. The van der Waals surface area contributed by atoms with E-state index in [2.05, 4.69) is 31.5 Å². The Morgan fingerprint density at radius 1 is 1.02 bits per heavy atom. The van der Waals surface area contributed by atoms with Crippen LogP contribution in [-0.2, 0) is 24.0 Å². The molecule has 0 bridgehead atoms. The molecule has 0 radical (unpaired) electrons. The van der Waals surface area contributed by atoms with Crippen LogP contribution in [0.15, 0.2) is 12.3 Å². The molecule has 4 atom stereocenters. The number of carbonyl (C=O) groups is 6. The fourth-order valence-electron chi connectivity index (χ4n) is 5.52. The third-order valence-electron chi connectivity index (χ3n) is 7.81. The van der Waals surface area contributed by atoms with Crippen molar-refractivity contribution in [3.63, 3.8) is 0 Å². The molecule has 40 heavy (non-hydrogen) atoms. The van der Waals surface area contributed by atoms with Gasteiger partial charge in [-0.15, -0.1) is 0 Å². The van der Waals surface area contributed by atoms with Crippen molar-refractivity contribution in [3.05, 3.63) is 18.0 Å².